The van der Waals surface area contributed by atoms with Crippen LogP contribution in [0.4, 0.5) is 5.82 Å². The van der Waals surface area contributed by atoms with Gasteiger partial charge in [-0.3, -0.25) is 4.99 Å². The zero-order chi connectivity index (χ0) is 16.2. The Morgan fingerprint density at radius 2 is 2.09 bits per heavy atom. The van der Waals surface area contributed by atoms with Gasteiger partial charge in [0.1, 0.15) is 5.82 Å². The third kappa shape index (κ3) is 9.60. The predicted octanol–water partition coefficient (Wildman–Crippen LogP) is 2.25. The van der Waals surface area contributed by atoms with E-state index in [2.05, 4.69) is 26.7 Å². The summed E-state index contributed by atoms with van der Waals surface area (Å²) in [5.41, 5.74) is 1.18. The minimum atomic E-state index is 0. The van der Waals surface area contributed by atoms with Crippen molar-refractivity contribution in [3.05, 3.63) is 23.9 Å². The number of unbranched alkanes of at least 4 members (excludes halogenated alkanes) is 1. The summed E-state index contributed by atoms with van der Waals surface area (Å²) in [6.07, 6.45) is 3.96. The fraction of sp³-hybridized carbons (Fsp3) is 0.625. The van der Waals surface area contributed by atoms with Gasteiger partial charge in [0, 0.05) is 53.6 Å². The number of aromatic nitrogens is 1. The minimum Gasteiger partial charge on any atom is -0.382 e. The van der Waals surface area contributed by atoms with Gasteiger partial charge in [0.2, 0.25) is 0 Å². The molecule has 0 saturated heterocycles. The Hall–Kier alpha value is -1.09. The SMILES string of the molecule is CCOCCCCNC(=NC)NCc1ccnc(N(C)C)c1.I. The Morgan fingerprint density at radius 1 is 1.30 bits per heavy atom. The maximum atomic E-state index is 5.32. The van der Waals surface area contributed by atoms with E-state index in [9.17, 15) is 0 Å². The van der Waals surface area contributed by atoms with E-state index in [1.165, 1.54) is 5.56 Å². The normalized spacial score (nSPS) is 10.9. The summed E-state index contributed by atoms with van der Waals surface area (Å²) in [4.78, 5) is 10.5. The van der Waals surface area contributed by atoms with Crippen LogP contribution in [0.3, 0.4) is 0 Å². The number of hydrogen-bond acceptors (Lipinski definition) is 4. The lowest BCUT2D eigenvalue weighted by molar-refractivity contribution is 0.143. The van der Waals surface area contributed by atoms with Crippen molar-refractivity contribution in [1.82, 2.24) is 15.6 Å². The van der Waals surface area contributed by atoms with Gasteiger partial charge in [-0.2, -0.15) is 0 Å². The molecule has 6 nitrogen and oxygen atoms in total. The summed E-state index contributed by atoms with van der Waals surface area (Å²) in [6.45, 7) is 5.25. The first-order chi connectivity index (χ1) is 10.7. The second kappa shape index (κ2) is 13.4. The van der Waals surface area contributed by atoms with E-state index in [-0.39, 0.29) is 24.0 Å². The van der Waals surface area contributed by atoms with E-state index >= 15 is 0 Å². The molecule has 23 heavy (non-hydrogen) atoms. The van der Waals surface area contributed by atoms with Crippen molar-refractivity contribution in [3.8, 4) is 0 Å². The molecule has 1 heterocycles. The summed E-state index contributed by atoms with van der Waals surface area (Å²) in [5, 5.41) is 6.63. The zero-order valence-corrected chi connectivity index (χ0v) is 17.0. The van der Waals surface area contributed by atoms with Gasteiger partial charge in [-0.1, -0.05) is 0 Å². The smallest absolute Gasteiger partial charge is 0.191 e. The van der Waals surface area contributed by atoms with E-state index in [4.69, 9.17) is 4.74 Å². The maximum absolute atomic E-state index is 5.32. The van der Waals surface area contributed by atoms with E-state index in [1.54, 1.807) is 7.05 Å². The summed E-state index contributed by atoms with van der Waals surface area (Å²) < 4.78 is 5.32. The van der Waals surface area contributed by atoms with Gasteiger partial charge in [0.25, 0.3) is 0 Å². The number of ether oxygens (including phenoxy) is 1. The number of aliphatic imine (C=N–C) groups is 1. The number of nitrogens with zero attached hydrogens (tertiary/aromatic N) is 3. The Labute approximate surface area is 157 Å². The molecule has 0 aromatic carbocycles. The summed E-state index contributed by atoms with van der Waals surface area (Å²) >= 11 is 0. The van der Waals surface area contributed by atoms with Gasteiger partial charge in [0.05, 0.1) is 0 Å². The minimum absolute atomic E-state index is 0. The molecule has 0 amide bonds. The highest BCUT2D eigenvalue weighted by Crippen LogP contribution is 2.09. The van der Waals surface area contributed by atoms with Gasteiger partial charge >= 0.3 is 0 Å². The van der Waals surface area contributed by atoms with Crippen LogP contribution in [0.2, 0.25) is 0 Å². The fourth-order valence-corrected chi connectivity index (χ4v) is 1.90. The lowest BCUT2D eigenvalue weighted by Crippen LogP contribution is -2.37. The molecule has 0 atom stereocenters. The first kappa shape index (κ1) is 21.9. The Bertz CT molecular complexity index is 454. The highest BCUT2D eigenvalue weighted by molar-refractivity contribution is 14.0. The topological polar surface area (TPSA) is 61.8 Å². The number of rotatable bonds is 9. The van der Waals surface area contributed by atoms with Crippen LogP contribution in [0, 0.1) is 0 Å². The Kier molecular flexibility index (Phi) is 12.7. The molecule has 0 spiro atoms. The number of nitrogens with one attached hydrogen (secondary N) is 2. The molecule has 1 aromatic heterocycles. The van der Waals surface area contributed by atoms with E-state index in [0.717, 1.165) is 50.9 Å². The fourth-order valence-electron chi connectivity index (χ4n) is 1.90. The van der Waals surface area contributed by atoms with Crippen LogP contribution in [0.15, 0.2) is 23.3 Å². The highest BCUT2D eigenvalue weighted by atomic mass is 127. The molecule has 1 aromatic rings. The maximum Gasteiger partial charge on any atom is 0.191 e. The van der Waals surface area contributed by atoms with Crippen molar-refractivity contribution in [2.45, 2.75) is 26.3 Å². The van der Waals surface area contributed by atoms with Crippen LogP contribution in [-0.4, -0.2) is 51.8 Å². The molecule has 0 unspecified atom stereocenters. The van der Waals surface area contributed by atoms with Gasteiger partial charge in [-0.25, -0.2) is 4.98 Å². The second-order valence-electron chi connectivity index (χ2n) is 5.17. The monoisotopic (exact) mass is 435 g/mol. The quantitative estimate of drug-likeness (QED) is 0.270. The summed E-state index contributed by atoms with van der Waals surface area (Å²) in [5.74, 6) is 1.78. The van der Waals surface area contributed by atoms with Crippen molar-refractivity contribution in [2.24, 2.45) is 4.99 Å². The van der Waals surface area contributed by atoms with Crippen molar-refractivity contribution in [2.75, 3.05) is 45.8 Å². The second-order valence-corrected chi connectivity index (χ2v) is 5.17. The van der Waals surface area contributed by atoms with Gasteiger partial charge in [-0.05, 0) is 37.5 Å². The van der Waals surface area contributed by atoms with Crippen LogP contribution in [-0.2, 0) is 11.3 Å². The lowest BCUT2D eigenvalue weighted by Gasteiger charge is -2.14. The van der Waals surface area contributed by atoms with E-state index in [0.29, 0.717) is 0 Å². The van der Waals surface area contributed by atoms with Gasteiger partial charge < -0.3 is 20.3 Å². The molecular formula is C16H30IN5O. The number of anilines is 1. The van der Waals surface area contributed by atoms with Crippen LogP contribution < -0.4 is 15.5 Å². The molecule has 0 aliphatic rings. The highest BCUT2D eigenvalue weighted by Gasteiger charge is 2.01. The predicted molar refractivity (Wildman–Crippen MR) is 108 cm³/mol. The molecular weight excluding hydrogens is 405 g/mol. The third-order valence-corrected chi connectivity index (χ3v) is 3.16. The molecule has 2 N–H and O–H groups in total. The molecule has 0 radical (unpaired) electrons. The number of guanidine groups is 1. The van der Waals surface area contributed by atoms with E-state index < -0.39 is 0 Å². The first-order valence-electron chi connectivity index (χ1n) is 7.82. The summed E-state index contributed by atoms with van der Waals surface area (Å²) in [6, 6.07) is 4.08. The Morgan fingerprint density at radius 3 is 2.74 bits per heavy atom. The average molecular weight is 435 g/mol. The van der Waals surface area contributed by atoms with E-state index in [1.807, 2.05) is 38.2 Å². The van der Waals surface area contributed by atoms with Crippen molar-refractivity contribution in [1.29, 1.82) is 0 Å². The molecule has 0 aliphatic carbocycles. The molecule has 0 aliphatic heterocycles. The molecule has 7 heteroatoms. The average Bonchev–Trinajstić information content (AvgIpc) is 2.53. The number of hydrogen-bond donors (Lipinski definition) is 2. The summed E-state index contributed by atoms with van der Waals surface area (Å²) in [7, 11) is 5.76. The number of pyridine rings is 1. The van der Waals surface area contributed by atoms with Crippen LogP contribution in [0.1, 0.15) is 25.3 Å². The van der Waals surface area contributed by atoms with Crippen LogP contribution >= 0.6 is 24.0 Å². The standard InChI is InChI=1S/C16H29N5O.HI/c1-5-22-11-7-6-9-19-16(17-2)20-13-14-8-10-18-15(12-14)21(3)4;/h8,10,12H,5-7,9,11,13H2,1-4H3,(H2,17,19,20);1H. The van der Waals surface area contributed by atoms with Crippen LogP contribution in [0.5, 0.6) is 0 Å². The molecule has 1 rings (SSSR count). The molecule has 0 saturated carbocycles. The van der Waals surface area contributed by atoms with Crippen molar-refractivity contribution in [3.63, 3.8) is 0 Å². The largest absolute Gasteiger partial charge is 0.382 e. The molecule has 0 fully saturated rings. The van der Waals surface area contributed by atoms with Crippen LogP contribution in [0.25, 0.3) is 0 Å². The van der Waals surface area contributed by atoms with Gasteiger partial charge in [-0.15, -0.1) is 24.0 Å². The van der Waals surface area contributed by atoms with Crippen molar-refractivity contribution < 1.29 is 4.74 Å². The van der Waals surface area contributed by atoms with Gasteiger partial charge in [0.15, 0.2) is 5.96 Å². The first-order valence-corrected chi connectivity index (χ1v) is 7.82. The Balaban J connectivity index is 0.00000484. The molecule has 0 bridgehead atoms. The van der Waals surface area contributed by atoms with Crippen molar-refractivity contribution >= 4 is 35.8 Å². The third-order valence-electron chi connectivity index (χ3n) is 3.16. The zero-order valence-electron chi connectivity index (χ0n) is 14.6. The lowest BCUT2D eigenvalue weighted by atomic mass is 10.2. The molecule has 132 valence electrons. The number of halogens is 1.